The molecule has 1 atom stereocenters. The van der Waals surface area contributed by atoms with Crippen molar-refractivity contribution in [2.45, 2.75) is 10.9 Å². The van der Waals surface area contributed by atoms with Crippen LogP contribution < -0.4 is 0 Å². The Balaban J connectivity index is 2.16. The standard InChI is InChI=1S/C20H18OS/c21-20(17-12-6-2-7-13-17,18-14-8-3-9-15-18)19(22)16-10-4-1-5-11-16/h1-15,19,21-22H/t19-/m0/s1. The zero-order chi connectivity index (χ0) is 15.4. The van der Waals surface area contributed by atoms with Crippen molar-refractivity contribution in [3.05, 3.63) is 108 Å². The van der Waals surface area contributed by atoms with Crippen LogP contribution in [0.25, 0.3) is 0 Å². The highest BCUT2D eigenvalue weighted by atomic mass is 32.1. The molecule has 3 aromatic rings. The van der Waals surface area contributed by atoms with Gasteiger partial charge in [0, 0.05) is 0 Å². The molecule has 0 saturated heterocycles. The summed E-state index contributed by atoms with van der Waals surface area (Å²) in [6.07, 6.45) is 0. The Hall–Kier alpha value is -2.03. The summed E-state index contributed by atoms with van der Waals surface area (Å²) in [6, 6.07) is 29.3. The van der Waals surface area contributed by atoms with Crippen LogP contribution in [0.2, 0.25) is 0 Å². The molecule has 3 aromatic carbocycles. The van der Waals surface area contributed by atoms with Gasteiger partial charge in [0.15, 0.2) is 0 Å². The Morgan fingerprint density at radius 1 is 0.636 bits per heavy atom. The third-order valence-corrected chi connectivity index (χ3v) is 4.61. The van der Waals surface area contributed by atoms with Crippen molar-refractivity contribution in [3.63, 3.8) is 0 Å². The van der Waals surface area contributed by atoms with Gasteiger partial charge in [0.2, 0.25) is 0 Å². The zero-order valence-electron chi connectivity index (χ0n) is 12.1. The number of thiol groups is 1. The molecule has 0 saturated carbocycles. The molecule has 0 aliphatic heterocycles. The SMILES string of the molecule is OC(c1ccccc1)(c1ccccc1)[C@@H](S)c1ccccc1. The van der Waals surface area contributed by atoms with Crippen molar-refractivity contribution < 1.29 is 5.11 Å². The largest absolute Gasteiger partial charge is 0.379 e. The molecule has 110 valence electrons. The molecule has 0 radical (unpaired) electrons. The van der Waals surface area contributed by atoms with Crippen molar-refractivity contribution in [2.24, 2.45) is 0 Å². The van der Waals surface area contributed by atoms with E-state index in [1.165, 1.54) is 0 Å². The van der Waals surface area contributed by atoms with Crippen LogP contribution >= 0.6 is 12.6 Å². The lowest BCUT2D eigenvalue weighted by molar-refractivity contribution is 0.0783. The second-order valence-electron chi connectivity index (χ2n) is 5.31. The van der Waals surface area contributed by atoms with Crippen LogP contribution in [-0.2, 0) is 5.60 Å². The molecule has 0 bridgehead atoms. The van der Waals surface area contributed by atoms with E-state index in [9.17, 15) is 5.11 Å². The highest BCUT2D eigenvalue weighted by Gasteiger charge is 2.39. The van der Waals surface area contributed by atoms with Crippen LogP contribution in [0.1, 0.15) is 21.9 Å². The van der Waals surface area contributed by atoms with E-state index >= 15 is 0 Å². The third kappa shape index (κ3) is 2.68. The average Bonchev–Trinajstić information content (AvgIpc) is 2.62. The topological polar surface area (TPSA) is 20.2 Å². The summed E-state index contributed by atoms with van der Waals surface area (Å²) in [6.45, 7) is 0. The minimum Gasteiger partial charge on any atom is -0.379 e. The maximum absolute atomic E-state index is 11.6. The van der Waals surface area contributed by atoms with Crippen LogP contribution in [0.15, 0.2) is 91.0 Å². The predicted octanol–water partition coefficient (Wildman–Crippen LogP) is 4.59. The van der Waals surface area contributed by atoms with Crippen LogP contribution in [0, 0.1) is 0 Å². The lowest BCUT2D eigenvalue weighted by Crippen LogP contribution is -2.32. The van der Waals surface area contributed by atoms with Crippen molar-refractivity contribution in [2.75, 3.05) is 0 Å². The van der Waals surface area contributed by atoms with Gasteiger partial charge in [-0.25, -0.2) is 0 Å². The predicted molar refractivity (Wildman–Crippen MR) is 94.1 cm³/mol. The molecule has 3 rings (SSSR count). The zero-order valence-corrected chi connectivity index (χ0v) is 13.0. The molecule has 0 aliphatic rings. The maximum Gasteiger partial charge on any atom is 0.130 e. The molecule has 0 heterocycles. The van der Waals surface area contributed by atoms with E-state index in [0.29, 0.717) is 0 Å². The second-order valence-corrected chi connectivity index (χ2v) is 5.83. The van der Waals surface area contributed by atoms with Gasteiger partial charge >= 0.3 is 0 Å². The first-order valence-corrected chi connectivity index (χ1v) is 7.81. The number of hydrogen-bond acceptors (Lipinski definition) is 2. The Bertz CT molecular complexity index is 671. The van der Waals surface area contributed by atoms with E-state index < -0.39 is 5.60 Å². The van der Waals surface area contributed by atoms with Gasteiger partial charge in [-0.15, -0.1) is 0 Å². The van der Waals surface area contributed by atoms with Gasteiger partial charge < -0.3 is 5.11 Å². The lowest BCUT2D eigenvalue weighted by atomic mass is 9.81. The monoisotopic (exact) mass is 306 g/mol. The lowest BCUT2D eigenvalue weighted by Gasteiger charge is -2.35. The summed E-state index contributed by atoms with van der Waals surface area (Å²) >= 11 is 4.77. The fourth-order valence-electron chi connectivity index (χ4n) is 2.74. The van der Waals surface area contributed by atoms with Gasteiger partial charge in [0.25, 0.3) is 0 Å². The van der Waals surface area contributed by atoms with E-state index in [0.717, 1.165) is 16.7 Å². The molecule has 1 N–H and O–H groups in total. The molecule has 0 unspecified atom stereocenters. The van der Waals surface area contributed by atoms with Crippen LogP contribution in [0.4, 0.5) is 0 Å². The van der Waals surface area contributed by atoms with E-state index in [4.69, 9.17) is 12.6 Å². The molecular weight excluding hydrogens is 288 g/mol. The van der Waals surface area contributed by atoms with E-state index in [-0.39, 0.29) is 5.25 Å². The molecule has 0 aliphatic carbocycles. The van der Waals surface area contributed by atoms with Gasteiger partial charge in [-0.05, 0) is 16.7 Å². The molecule has 0 aromatic heterocycles. The van der Waals surface area contributed by atoms with Crippen LogP contribution in [-0.4, -0.2) is 5.11 Å². The highest BCUT2D eigenvalue weighted by molar-refractivity contribution is 7.80. The minimum atomic E-state index is -1.19. The Kier molecular flexibility index (Phi) is 4.32. The van der Waals surface area contributed by atoms with Gasteiger partial charge in [-0.3, -0.25) is 0 Å². The summed E-state index contributed by atoms with van der Waals surface area (Å²) in [5, 5.41) is 11.2. The normalized spacial score (nSPS) is 12.8. The first-order chi connectivity index (χ1) is 10.7. The summed E-state index contributed by atoms with van der Waals surface area (Å²) in [5.41, 5.74) is 1.48. The summed E-state index contributed by atoms with van der Waals surface area (Å²) in [7, 11) is 0. The smallest absolute Gasteiger partial charge is 0.130 e. The first kappa shape index (κ1) is 14.9. The summed E-state index contributed by atoms with van der Waals surface area (Å²) in [5.74, 6) is 0. The Morgan fingerprint density at radius 3 is 1.41 bits per heavy atom. The number of benzene rings is 3. The van der Waals surface area contributed by atoms with Crippen molar-refractivity contribution >= 4 is 12.6 Å². The third-order valence-electron chi connectivity index (χ3n) is 3.94. The molecule has 0 amide bonds. The molecule has 0 fully saturated rings. The fourth-order valence-corrected chi connectivity index (χ4v) is 3.21. The quantitative estimate of drug-likeness (QED) is 0.675. The van der Waals surface area contributed by atoms with Gasteiger partial charge in [-0.2, -0.15) is 12.6 Å². The maximum atomic E-state index is 11.6. The van der Waals surface area contributed by atoms with Crippen molar-refractivity contribution in [3.8, 4) is 0 Å². The number of aliphatic hydroxyl groups is 1. The summed E-state index contributed by atoms with van der Waals surface area (Å²) < 4.78 is 0. The minimum absolute atomic E-state index is 0.363. The molecule has 2 heteroatoms. The number of hydrogen-bond donors (Lipinski definition) is 2. The van der Waals surface area contributed by atoms with Crippen LogP contribution in [0.5, 0.6) is 0 Å². The summed E-state index contributed by atoms with van der Waals surface area (Å²) in [4.78, 5) is 0. The van der Waals surface area contributed by atoms with Gasteiger partial charge in [-0.1, -0.05) is 91.0 Å². The van der Waals surface area contributed by atoms with E-state index in [1.54, 1.807) is 0 Å². The Labute approximate surface area is 136 Å². The molecule has 0 spiro atoms. The second kappa shape index (κ2) is 6.39. The first-order valence-electron chi connectivity index (χ1n) is 7.29. The molecule has 1 nitrogen and oxygen atoms in total. The average molecular weight is 306 g/mol. The van der Waals surface area contributed by atoms with Crippen molar-refractivity contribution in [1.82, 2.24) is 0 Å². The highest BCUT2D eigenvalue weighted by Crippen LogP contribution is 2.44. The van der Waals surface area contributed by atoms with Crippen molar-refractivity contribution in [1.29, 1.82) is 0 Å². The van der Waals surface area contributed by atoms with E-state index in [2.05, 4.69) is 0 Å². The van der Waals surface area contributed by atoms with Gasteiger partial charge in [0.05, 0.1) is 5.25 Å². The molecular formula is C20H18OS. The Morgan fingerprint density at radius 2 is 1.00 bits per heavy atom. The fraction of sp³-hybridized carbons (Fsp3) is 0.100. The van der Waals surface area contributed by atoms with Gasteiger partial charge in [0.1, 0.15) is 5.60 Å². The molecule has 22 heavy (non-hydrogen) atoms. The van der Waals surface area contributed by atoms with Crippen LogP contribution in [0.3, 0.4) is 0 Å². The number of rotatable bonds is 4. The van der Waals surface area contributed by atoms with E-state index in [1.807, 2.05) is 91.0 Å².